The third kappa shape index (κ3) is 3.86. The number of nitrogen functional groups attached to an aromatic ring is 1. The second-order valence-electron chi connectivity index (χ2n) is 5.67. The third-order valence-corrected chi connectivity index (χ3v) is 3.70. The lowest BCUT2D eigenvalue weighted by Crippen LogP contribution is -2.31. The Balaban J connectivity index is 1.73. The summed E-state index contributed by atoms with van der Waals surface area (Å²) in [5, 5.41) is 3.04. The van der Waals surface area contributed by atoms with Crippen LogP contribution in [0.1, 0.15) is 21.6 Å². The Morgan fingerprint density at radius 3 is 2.54 bits per heavy atom. The largest absolute Gasteiger partial charge is 0.393 e. The van der Waals surface area contributed by atoms with Crippen molar-refractivity contribution in [2.45, 2.75) is 13.8 Å². The summed E-state index contributed by atoms with van der Waals surface area (Å²) in [6.45, 7) is 3.76. The van der Waals surface area contributed by atoms with Gasteiger partial charge in [-0.25, -0.2) is 15.0 Å². The number of nitrogens with zero attached hydrogens (tertiary/aromatic N) is 3. The molecule has 2 aromatic heterocycles. The molecule has 3 rings (SSSR count). The number of hydrazine groups is 1. The molecule has 0 aliphatic carbocycles. The molecule has 0 aliphatic rings. The van der Waals surface area contributed by atoms with Gasteiger partial charge in [0.2, 0.25) is 0 Å². The van der Waals surface area contributed by atoms with Crippen LogP contribution in [0.3, 0.4) is 0 Å². The van der Waals surface area contributed by atoms with Crippen molar-refractivity contribution in [1.29, 1.82) is 0 Å². The van der Waals surface area contributed by atoms with Gasteiger partial charge in [-0.2, -0.15) is 0 Å². The molecule has 5 N–H and O–H groups in total. The highest BCUT2D eigenvalue weighted by Gasteiger charge is 2.12. The Kier molecular flexibility index (Phi) is 4.93. The van der Waals surface area contributed by atoms with Gasteiger partial charge in [-0.1, -0.05) is 24.3 Å². The van der Waals surface area contributed by atoms with Crippen LogP contribution in [0.2, 0.25) is 0 Å². The number of amides is 1. The fourth-order valence-electron chi connectivity index (χ4n) is 2.34. The SMILES string of the molecule is Cc1cccc(Nc2ncnc(NNC(=O)c3ccccc3C)c2N)n1. The normalized spacial score (nSPS) is 10.2. The van der Waals surface area contributed by atoms with Crippen LogP contribution in [0.25, 0.3) is 0 Å². The highest BCUT2D eigenvalue weighted by atomic mass is 16.2. The van der Waals surface area contributed by atoms with Gasteiger partial charge in [0.25, 0.3) is 5.91 Å². The van der Waals surface area contributed by atoms with Crippen molar-refractivity contribution in [2.24, 2.45) is 0 Å². The molecule has 0 radical (unpaired) electrons. The van der Waals surface area contributed by atoms with E-state index in [2.05, 4.69) is 31.1 Å². The Hall–Kier alpha value is -3.68. The van der Waals surface area contributed by atoms with E-state index in [-0.39, 0.29) is 17.4 Å². The number of rotatable bonds is 5. The summed E-state index contributed by atoms with van der Waals surface area (Å²) < 4.78 is 0. The highest BCUT2D eigenvalue weighted by Crippen LogP contribution is 2.24. The summed E-state index contributed by atoms with van der Waals surface area (Å²) in [7, 11) is 0. The molecular formula is C18H19N7O. The van der Waals surface area contributed by atoms with E-state index in [1.807, 2.05) is 44.2 Å². The van der Waals surface area contributed by atoms with Gasteiger partial charge in [0, 0.05) is 11.3 Å². The van der Waals surface area contributed by atoms with Gasteiger partial charge in [0.1, 0.15) is 17.8 Å². The lowest BCUT2D eigenvalue weighted by molar-refractivity contribution is 0.0962. The Morgan fingerprint density at radius 1 is 1.00 bits per heavy atom. The Bertz CT molecular complexity index is 942. The van der Waals surface area contributed by atoms with E-state index in [1.54, 1.807) is 12.1 Å². The van der Waals surface area contributed by atoms with Gasteiger partial charge in [0.05, 0.1) is 0 Å². The van der Waals surface area contributed by atoms with Crippen LogP contribution in [-0.4, -0.2) is 20.9 Å². The van der Waals surface area contributed by atoms with E-state index in [9.17, 15) is 4.79 Å². The number of nitrogens with one attached hydrogen (secondary N) is 3. The number of aromatic nitrogens is 3. The fourth-order valence-corrected chi connectivity index (χ4v) is 2.34. The standard InChI is InChI=1S/C18H19N7O/c1-11-6-3-4-8-13(11)18(26)25-24-17-15(19)16(20-10-21-17)23-14-9-5-7-12(2)22-14/h3-10H,19H2,1-2H3,(H,25,26)(H2,20,21,22,23,24). The van der Waals surface area contributed by atoms with E-state index in [0.717, 1.165) is 11.3 Å². The van der Waals surface area contributed by atoms with E-state index in [0.29, 0.717) is 17.2 Å². The predicted molar refractivity (Wildman–Crippen MR) is 101 cm³/mol. The molecule has 8 heteroatoms. The van der Waals surface area contributed by atoms with Gasteiger partial charge in [-0.3, -0.25) is 15.6 Å². The quantitative estimate of drug-likeness (QED) is 0.523. The maximum absolute atomic E-state index is 12.3. The summed E-state index contributed by atoms with van der Waals surface area (Å²) >= 11 is 0. The number of hydrogen-bond donors (Lipinski definition) is 4. The zero-order valence-corrected chi connectivity index (χ0v) is 14.4. The molecule has 0 fully saturated rings. The molecule has 1 amide bonds. The lowest BCUT2D eigenvalue weighted by Gasteiger charge is -2.13. The molecule has 0 saturated carbocycles. The number of carbonyl (C=O) groups excluding carboxylic acids is 1. The van der Waals surface area contributed by atoms with Crippen molar-refractivity contribution in [3.05, 3.63) is 65.6 Å². The first-order valence-electron chi connectivity index (χ1n) is 7.97. The Morgan fingerprint density at radius 2 is 1.77 bits per heavy atom. The number of carbonyl (C=O) groups is 1. The van der Waals surface area contributed by atoms with E-state index >= 15 is 0 Å². The first kappa shape index (κ1) is 17.2. The first-order chi connectivity index (χ1) is 12.5. The highest BCUT2D eigenvalue weighted by molar-refractivity contribution is 5.96. The van der Waals surface area contributed by atoms with Gasteiger partial charge >= 0.3 is 0 Å². The number of anilines is 4. The molecule has 0 unspecified atom stereocenters. The van der Waals surface area contributed by atoms with Gasteiger partial charge < -0.3 is 11.1 Å². The van der Waals surface area contributed by atoms with E-state index < -0.39 is 0 Å². The zero-order chi connectivity index (χ0) is 18.5. The maximum Gasteiger partial charge on any atom is 0.269 e. The zero-order valence-electron chi connectivity index (χ0n) is 14.4. The second kappa shape index (κ2) is 7.47. The third-order valence-electron chi connectivity index (χ3n) is 3.70. The van der Waals surface area contributed by atoms with E-state index in [1.165, 1.54) is 6.33 Å². The monoisotopic (exact) mass is 349 g/mol. The lowest BCUT2D eigenvalue weighted by atomic mass is 10.1. The van der Waals surface area contributed by atoms with Crippen LogP contribution in [-0.2, 0) is 0 Å². The number of pyridine rings is 1. The van der Waals surface area contributed by atoms with Gasteiger partial charge in [-0.05, 0) is 37.6 Å². The summed E-state index contributed by atoms with van der Waals surface area (Å²) in [6.07, 6.45) is 1.34. The molecule has 0 aliphatic heterocycles. The van der Waals surface area contributed by atoms with Crippen molar-refractivity contribution in [3.8, 4) is 0 Å². The molecule has 0 saturated heterocycles. The molecule has 132 valence electrons. The number of aryl methyl sites for hydroxylation is 2. The second-order valence-corrected chi connectivity index (χ2v) is 5.67. The van der Waals surface area contributed by atoms with Crippen LogP contribution < -0.4 is 21.9 Å². The average Bonchev–Trinajstić information content (AvgIpc) is 2.62. The van der Waals surface area contributed by atoms with Crippen LogP contribution in [0.15, 0.2) is 48.8 Å². The predicted octanol–water partition coefficient (Wildman–Crippen LogP) is 2.57. The number of benzene rings is 1. The Labute approximate surface area is 150 Å². The number of hydrogen-bond acceptors (Lipinski definition) is 7. The van der Waals surface area contributed by atoms with Gasteiger partial charge in [-0.15, -0.1) is 0 Å². The van der Waals surface area contributed by atoms with Crippen LogP contribution in [0.5, 0.6) is 0 Å². The topological polar surface area (TPSA) is 118 Å². The fraction of sp³-hybridized carbons (Fsp3) is 0.111. The van der Waals surface area contributed by atoms with Crippen molar-refractivity contribution in [2.75, 3.05) is 16.5 Å². The summed E-state index contributed by atoms with van der Waals surface area (Å²) in [5.74, 6) is 1.02. The summed E-state index contributed by atoms with van der Waals surface area (Å²) in [5.41, 5.74) is 14.0. The maximum atomic E-state index is 12.3. The molecule has 0 bridgehead atoms. The minimum Gasteiger partial charge on any atom is -0.393 e. The summed E-state index contributed by atoms with van der Waals surface area (Å²) in [4.78, 5) is 24.8. The average molecular weight is 349 g/mol. The minimum atomic E-state index is -0.282. The van der Waals surface area contributed by atoms with Crippen LogP contribution >= 0.6 is 0 Å². The van der Waals surface area contributed by atoms with Crippen molar-refractivity contribution < 1.29 is 4.79 Å². The van der Waals surface area contributed by atoms with Crippen LogP contribution in [0.4, 0.5) is 23.1 Å². The smallest absolute Gasteiger partial charge is 0.269 e. The van der Waals surface area contributed by atoms with Crippen molar-refractivity contribution >= 4 is 29.0 Å². The molecule has 1 aromatic carbocycles. The van der Waals surface area contributed by atoms with Crippen molar-refractivity contribution in [1.82, 2.24) is 20.4 Å². The minimum absolute atomic E-state index is 0.265. The molecular weight excluding hydrogens is 330 g/mol. The molecule has 3 aromatic rings. The summed E-state index contributed by atoms with van der Waals surface area (Å²) in [6, 6.07) is 12.9. The molecule has 0 atom stereocenters. The van der Waals surface area contributed by atoms with Crippen LogP contribution in [0, 0.1) is 13.8 Å². The molecule has 26 heavy (non-hydrogen) atoms. The van der Waals surface area contributed by atoms with E-state index in [4.69, 9.17) is 5.73 Å². The van der Waals surface area contributed by atoms with Gasteiger partial charge in [0.15, 0.2) is 11.6 Å². The molecule has 0 spiro atoms. The number of nitrogens with two attached hydrogens (primary N) is 1. The van der Waals surface area contributed by atoms with Crippen molar-refractivity contribution in [3.63, 3.8) is 0 Å². The molecule has 2 heterocycles. The first-order valence-corrected chi connectivity index (χ1v) is 7.97. The molecule has 8 nitrogen and oxygen atoms in total.